The molecule has 1 atom stereocenters. The molecule has 3 nitrogen and oxygen atoms in total. The Kier molecular flexibility index (Phi) is 4.94. The van der Waals surface area contributed by atoms with Crippen molar-refractivity contribution in [1.82, 2.24) is 5.32 Å². The maximum Gasteiger partial charge on any atom is 0.296 e. The molecule has 3 heteroatoms. The molecule has 18 heavy (non-hydrogen) atoms. The molecule has 0 bridgehead atoms. The highest BCUT2D eigenvalue weighted by molar-refractivity contribution is 5.94. The van der Waals surface area contributed by atoms with Gasteiger partial charge in [0.25, 0.3) is 5.91 Å². The number of carbonyl (C=O) groups excluding carboxylic acids is 1. The summed E-state index contributed by atoms with van der Waals surface area (Å²) in [7, 11) is 0. The van der Waals surface area contributed by atoms with E-state index in [1.807, 2.05) is 51.1 Å². The molecule has 1 unspecified atom stereocenters. The van der Waals surface area contributed by atoms with Crippen LogP contribution in [0, 0.1) is 17.8 Å². The summed E-state index contributed by atoms with van der Waals surface area (Å²) in [6, 6.07) is 9.42. The van der Waals surface area contributed by atoms with Crippen LogP contribution in [-0.4, -0.2) is 18.0 Å². The molecule has 0 aromatic heterocycles. The molecule has 0 saturated carbocycles. The molecule has 0 aliphatic rings. The first kappa shape index (κ1) is 14.3. The molecule has 0 saturated heterocycles. The van der Waals surface area contributed by atoms with Gasteiger partial charge < -0.3 is 11.1 Å². The summed E-state index contributed by atoms with van der Waals surface area (Å²) in [4.78, 5) is 11.8. The van der Waals surface area contributed by atoms with E-state index < -0.39 is 5.54 Å². The maximum absolute atomic E-state index is 11.8. The zero-order chi connectivity index (χ0) is 13.6. The van der Waals surface area contributed by atoms with Crippen LogP contribution >= 0.6 is 0 Å². The summed E-state index contributed by atoms with van der Waals surface area (Å²) < 4.78 is 0. The predicted octanol–water partition coefficient (Wildman–Crippen LogP) is 1.53. The third kappa shape index (κ3) is 3.90. The van der Waals surface area contributed by atoms with E-state index in [2.05, 4.69) is 17.2 Å². The van der Waals surface area contributed by atoms with Gasteiger partial charge in [-0.2, -0.15) is 0 Å². The number of rotatable bonds is 3. The Morgan fingerprint density at radius 2 is 2.00 bits per heavy atom. The molecular weight excluding hydrogens is 224 g/mol. The second-order valence-corrected chi connectivity index (χ2v) is 4.85. The Labute approximate surface area is 109 Å². The molecule has 0 aliphatic heterocycles. The maximum atomic E-state index is 11.8. The van der Waals surface area contributed by atoms with Crippen molar-refractivity contribution in [2.75, 3.05) is 6.54 Å². The summed E-state index contributed by atoms with van der Waals surface area (Å²) in [5, 5.41) is 2.88. The Balaban J connectivity index is 2.71. The van der Waals surface area contributed by atoms with Gasteiger partial charge in [-0.05, 0) is 25.0 Å². The molecule has 0 aliphatic carbocycles. The molecule has 1 amide bonds. The van der Waals surface area contributed by atoms with Crippen LogP contribution in [0.1, 0.15) is 26.3 Å². The molecule has 96 valence electrons. The fourth-order valence-electron chi connectivity index (χ4n) is 1.37. The minimum absolute atomic E-state index is 0.255. The van der Waals surface area contributed by atoms with Gasteiger partial charge in [0, 0.05) is 18.0 Å². The van der Waals surface area contributed by atoms with E-state index in [-0.39, 0.29) is 11.8 Å². The van der Waals surface area contributed by atoms with Gasteiger partial charge in [-0.15, -0.1) is 0 Å². The van der Waals surface area contributed by atoms with E-state index in [4.69, 9.17) is 5.73 Å². The van der Waals surface area contributed by atoms with Crippen LogP contribution < -0.4 is 11.1 Å². The van der Waals surface area contributed by atoms with E-state index in [0.717, 1.165) is 5.56 Å². The third-order valence-corrected chi connectivity index (χ3v) is 3.19. The van der Waals surface area contributed by atoms with Crippen molar-refractivity contribution in [1.29, 1.82) is 0 Å². The van der Waals surface area contributed by atoms with Crippen molar-refractivity contribution < 1.29 is 4.79 Å². The SMILES string of the molecule is CC(C)C(C)(CN)NC(=O)C#Cc1ccccc1. The fraction of sp³-hybridized carbons (Fsp3) is 0.400. The number of hydrogen-bond donors (Lipinski definition) is 2. The van der Waals surface area contributed by atoms with Crippen molar-refractivity contribution in [2.24, 2.45) is 11.7 Å². The Morgan fingerprint density at radius 1 is 1.39 bits per heavy atom. The molecule has 0 radical (unpaired) electrons. The zero-order valence-corrected chi connectivity index (χ0v) is 11.2. The van der Waals surface area contributed by atoms with Crippen molar-refractivity contribution in [2.45, 2.75) is 26.3 Å². The van der Waals surface area contributed by atoms with E-state index >= 15 is 0 Å². The van der Waals surface area contributed by atoms with Gasteiger partial charge in [-0.1, -0.05) is 38.0 Å². The molecule has 1 aromatic rings. The van der Waals surface area contributed by atoms with Gasteiger partial charge in [0.05, 0.1) is 5.54 Å². The van der Waals surface area contributed by atoms with E-state index in [0.29, 0.717) is 6.54 Å². The number of nitrogens with one attached hydrogen (secondary N) is 1. The second kappa shape index (κ2) is 6.23. The largest absolute Gasteiger partial charge is 0.339 e. The summed E-state index contributed by atoms with van der Waals surface area (Å²) in [5.41, 5.74) is 6.11. The van der Waals surface area contributed by atoms with Gasteiger partial charge >= 0.3 is 0 Å². The highest BCUT2D eigenvalue weighted by atomic mass is 16.1. The molecule has 0 spiro atoms. The molecule has 1 aromatic carbocycles. The lowest BCUT2D eigenvalue weighted by atomic mass is 9.88. The first-order valence-corrected chi connectivity index (χ1v) is 6.07. The first-order valence-electron chi connectivity index (χ1n) is 6.07. The summed E-state index contributed by atoms with van der Waals surface area (Å²) in [6.07, 6.45) is 0. The van der Waals surface area contributed by atoms with Crippen molar-refractivity contribution in [3.63, 3.8) is 0 Å². The smallest absolute Gasteiger partial charge is 0.296 e. The first-order chi connectivity index (χ1) is 8.48. The average Bonchev–Trinajstić information content (AvgIpc) is 2.37. The quantitative estimate of drug-likeness (QED) is 0.792. The molecule has 0 heterocycles. The van der Waals surface area contributed by atoms with Crippen LogP contribution in [0.4, 0.5) is 0 Å². The van der Waals surface area contributed by atoms with Gasteiger partial charge in [0.15, 0.2) is 0 Å². The van der Waals surface area contributed by atoms with Crippen molar-refractivity contribution >= 4 is 5.91 Å². The van der Waals surface area contributed by atoms with Crippen LogP contribution in [-0.2, 0) is 4.79 Å². The normalized spacial score (nSPS) is 13.4. The number of amides is 1. The summed E-state index contributed by atoms with van der Waals surface area (Å²) in [6.45, 7) is 6.37. The van der Waals surface area contributed by atoms with E-state index in [1.54, 1.807) is 0 Å². The Hall–Kier alpha value is -1.79. The average molecular weight is 244 g/mol. The van der Waals surface area contributed by atoms with Crippen LogP contribution in [0.3, 0.4) is 0 Å². The molecule has 3 N–H and O–H groups in total. The number of carbonyl (C=O) groups is 1. The predicted molar refractivity (Wildman–Crippen MR) is 73.8 cm³/mol. The number of hydrogen-bond acceptors (Lipinski definition) is 2. The number of nitrogens with two attached hydrogens (primary N) is 1. The van der Waals surface area contributed by atoms with Crippen molar-refractivity contribution in [3.05, 3.63) is 35.9 Å². The summed E-state index contributed by atoms with van der Waals surface area (Å²) in [5.74, 6) is 5.38. The Bertz CT molecular complexity index is 456. The minimum atomic E-state index is -0.414. The van der Waals surface area contributed by atoms with Crippen LogP contribution in [0.15, 0.2) is 30.3 Å². The summed E-state index contributed by atoms with van der Waals surface area (Å²) >= 11 is 0. The van der Waals surface area contributed by atoms with Crippen LogP contribution in [0.25, 0.3) is 0 Å². The lowest BCUT2D eigenvalue weighted by Gasteiger charge is -2.32. The number of benzene rings is 1. The lowest BCUT2D eigenvalue weighted by Crippen LogP contribution is -2.54. The standard InChI is InChI=1S/C15H20N2O/c1-12(2)15(3,11-16)17-14(18)10-9-13-7-5-4-6-8-13/h4-8,12H,11,16H2,1-3H3,(H,17,18). The van der Waals surface area contributed by atoms with E-state index in [1.165, 1.54) is 0 Å². The van der Waals surface area contributed by atoms with Gasteiger partial charge in [-0.25, -0.2) is 0 Å². The highest BCUT2D eigenvalue weighted by Crippen LogP contribution is 2.14. The Morgan fingerprint density at radius 3 is 2.50 bits per heavy atom. The topological polar surface area (TPSA) is 55.1 Å². The van der Waals surface area contributed by atoms with E-state index in [9.17, 15) is 4.79 Å². The highest BCUT2D eigenvalue weighted by Gasteiger charge is 2.27. The lowest BCUT2D eigenvalue weighted by molar-refractivity contribution is -0.117. The third-order valence-electron chi connectivity index (χ3n) is 3.19. The van der Waals surface area contributed by atoms with Gasteiger partial charge in [-0.3, -0.25) is 4.79 Å². The van der Waals surface area contributed by atoms with Gasteiger partial charge in [0.2, 0.25) is 0 Å². The molecule has 1 rings (SSSR count). The van der Waals surface area contributed by atoms with Crippen LogP contribution in [0.5, 0.6) is 0 Å². The minimum Gasteiger partial charge on any atom is -0.339 e. The van der Waals surface area contributed by atoms with Crippen molar-refractivity contribution in [3.8, 4) is 11.8 Å². The van der Waals surface area contributed by atoms with Crippen LogP contribution in [0.2, 0.25) is 0 Å². The van der Waals surface area contributed by atoms with Gasteiger partial charge in [0.1, 0.15) is 0 Å². The fourth-order valence-corrected chi connectivity index (χ4v) is 1.37. The second-order valence-electron chi connectivity index (χ2n) is 4.85. The molecule has 0 fully saturated rings. The molecular formula is C15H20N2O. The zero-order valence-electron chi connectivity index (χ0n) is 11.2. The monoisotopic (exact) mass is 244 g/mol.